The lowest BCUT2D eigenvalue weighted by atomic mass is 10.1. The number of rotatable bonds is 7. The van der Waals surface area contributed by atoms with Crippen LogP contribution in [0.2, 0.25) is 0 Å². The van der Waals surface area contributed by atoms with Gasteiger partial charge in [0.2, 0.25) is 0 Å². The minimum atomic E-state index is -0.141. The van der Waals surface area contributed by atoms with E-state index in [1.807, 2.05) is 40.9 Å². The zero-order valence-electron chi connectivity index (χ0n) is 16.9. The van der Waals surface area contributed by atoms with E-state index in [0.29, 0.717) is 17.9 Å². The first-order valence-electron chi connectivity index (χ1n) is 10.4. The second kappa shape index (κ2) is 9.15. The quantitative estimate of drug-likeness (QED) is 0.667. The summed E-state index contributed by atoms with van der Waals surface area (Å²) < 4.78 is 1.86. The third kappa shape index (κ3) is 4.63. The number of aromatic nitrogens is 3. The summed E-state index contributed by atoms with van der Waals surface area (Å²) in [5.41, 5.74) is 2.87. The molecule has 1 aliphatic heterocycles. The standard InChI is InChI=1S/C22H28N6O/c1-2-10-26-13-15-27(16-14-26)11-8-24-22(29)19-17-28-12-9-23-20(21(28)25-19)18-6-4-3-5-7-18/h3-7,9,12,17H,2,8,10-11,13-16H2,1H3,(H,24,29). The molecule has 29 heavy (non-hydrogen) atoms. The van der Waals surface area contributed by atoms with E-state index in [-0.39, 0.29) is 5.91 Å². The Bertz CT molecular complexity index is 946. The van der Waals surface area contributed by atoms with Crippen molar-refractivity contribution in [2.45, 2.75) is 13.3 Å². The normalized spacial score (nSPS) is 15.6. The van der Waals surface area contributed by atoms with Crippen molar-refractivity contribution in [2.75, 3.05) is 45.8 Å². The maximum atomic E-state index is 12.6. The van der Waals surface area contributed by atoms with Crippen LogP contribution in [0.25, 0.3) is 16.9 Å². The fourth-order valence-electron chi connectivity index (χ4n) is 3.80. The molecule has 0 saturated carbocycles. The van der Waals surface area contributed by atoms with Gasteiger partial charge in [0.15, 0.2) is 5.65 Å². The summed E-state index contributed by atoms with van der Waals surface area (Å²) in [5, 5.41) is 3.01. The molecule has 3 aromatic rings. The average molecular weight is 393 g/mol. The molecule has 0 spiro atoms. The van der Waals surface area contributed by atoms with Crippen LogP contribution >= 0.6 is 0 Å². The minimum absolute atomic E-state index is 0.141. The maximum absolute atomic E-state index is 12.6. The Balaban J connectivity index is 1.36. The van der Waals surface area contributed by atoms with E-state index < -0.39 is 0 Å². The zero-order valence-corrected chi connectivity index (χ0v) is 16.9. The lowest BCUT2D eigenvalue weighted by Crippen LogP contribution is -2.48. The van der Waals surface area contributed by atoms with Gasteiger partial charge in [-0.3, -0.25) is 14.7 Å². The number of nitrogens with zero attached hydrogens (tertiary/aromatic N) is 5. The van der Waals surface area contributed by atoms with Crippen LogP contribution in [0.3, 0.4) is 0 Å². The van der Waals surface area contributed by atoms with E-state index in [1.165, 1.54) is 13.0 Å². The second-order valence-electron chi connectivity index (χ2n) is 7.44. The van der Waals surface area contributed by atoms with Crippen LogP contribution in [0.1, 0.15) is 23.8 Å². The van der Waals surface area contributed by atoms with Gasteiger partial charge in [-0.05, 0) is 13.0 Å². The van der Waals surface area contributed by atoms with Crippen LogP contribution in [0.5, 0.6) is 0 Å². The van der Waals surface area contributed by atoms with Crippen molar-refractivity contribution >= 4 is 11.6 Å². The Kier molecular flexibility index (Phi) is 6.17. The van der Waals surface area contributed by atoms with E-state index in [9.17, 15) is 4.79 Å². The van der Waals surface area contributed by atoms with Crippen LogP contribution < -0.4 is 5.32 Å². The molecule has 1 fully saturated rings. The lowest BCUT2D eigenvalue weighted by Gasteiger charge is -2.34. The summed E-state index contributed by atoms with van der Waals surface area (Å²) in [6.07, 6.45) is 6.52. The van der Waals surface area contributed by atoms with Gasteiger partial charge in [-0.2, -0.15) is 0 Å². The van der Waals surface area contributed by atoms with Crippen LogP contribution in [-0.2, 0) is 0 Å². The molecule has 7 heteroatoms. The van der Waals surface area contributed by atoms with Gasteiger partial charge in [0.1, 0.15) is 11.4 Å². The number of carbonyl (C=O) groups excluding carboxylic acids is 1. The molecule has 0 unspecified atom stereocenters. The fourth-order valence-corrected chi connectivity index (χ4v) is 3.80. The molecule has 0 aliphatic carbocycles. The van der Waals surface area contributed by atoms with Crippen molar-refractivity contribution in [3.8, 4) is 11.3 Å². The van der Waals surface area contributed by atoms with Crippen molar-refractivity contribution in [2.24, 2.45) is 0 Å². The monoisotopic (exact) mass is 392 g/mol. The number of amides is 1. The molecular weight excluding hydrogens is 364 g/mol. The van der Waals surface area contributed by atoms with Crippen molar-refractivity contribution in [1.29, 1.82) is 0 Å². The van der Waals surface area contributed by atoms with Gasteiger partial charge >= 0.3 is 0 Å². The average Bonchev–Trinajstić information content (AvgIpc) is 3.20. The van der Waals surface area contributed by atoms with Gasteiger partial charge in [0.05, 0.1) is 0 Å². The van der Waals surface area contributed by atoms with E-state index in [2.05, 4.69) is 32.0 Å². The van der Waals surface area contributed by atoms with Gasteiger partial charge in [0, 0.05) is 63.4 Å². The van der Waals surface area contributed by atoms with Gasteiger partial charge in [0.25, 0.3) is 5.91 Å². The summed E-state index contributed by atoms with van der Waals surface area (Å²) >= 11 is 0. The van der Waals surface area contributed by atoms with Crippen molar-refractivity contribution in [3.63, 3.8) is 0 Å². The third-order valence-corrected chi connectivity index (χ3v) is 5.37. The first kappa shape index (κ1) is 19.5. The molecule has 3 heterocycles. The summed E-state index contributed by atoms with van der Waals surface area (Å²) in [4.78, 5) is 26.5. The highest BCUT2D eigenvalue weighted by Crippen LogP contribution is 2.21. The van der Waals surface area contributed by atoms with Crippen molar-refractivity contribution in [3.05, 3.63) is 54.6 Å². The summed E-state index contributed by atoms with van der Waals surface area (Å²) in [6, 6.07) is 9.91. The zero-order chi connectivity index (χ0) is 20.1. The molecule has 1 aliphatic rings. The Hall–Kier alpha value is -2.77. The SMILES string of the molecule is CCCN1CCN(CCNC(=O)c2cn3ccnc(-c4ccccc4)c3n2)CC1. The number of hydrogen-bond donors (Lipinski definition) is 1. The molecule has 0 bridgehead atoms. The molecular formula is C22H28N6O. The predicted molar refractivity (Wildman–Crippen MR) is 114 cm³/mol. The number of piperazine rings is 1. The molecule has 0 atom stereocenters. The number of fused-ring (bicyclic) bond motifs is 1. The number of hydrogen-bond acceptors (Lipinski definition) is 5. The molecule has 1 saturated heterocycles. The topological polar surface area (TPSA) is 65.8 Å². The van der Waals surface area contributed by atoms with Crippen molar-refractivity contribution < 1.29 is 4.79 Å². The summed E-state index contributed by atoms with van der Waals surface area (Å²) in [7, 11) is 0. The fraction of sp³-hybridized carbons (Fsp3) is 0.409. The van der Waals surface area contributed by atoms with Crippen LogP contribution in [-0.4, -0.2) is 75.9 Å². The Morgan fingerprint density at radius 3 is 2.52 bits per heavy atom. The molecule has 4 rings (SSSR count). The molecule has 152 valence electrons. The van der Waals surface area contributed by atoms with Gasteiger partial charge in [-0.15, -0.1) is 0 Å². The van der Waals surface area contributed by atoms with Crippen LogP contribution in [0, 0.1) is 0 Å². The number of imidazole rings is 1. The highest BCUT2D eigenvalue weighted by molar-refractivity contribution is 5.93. The molecule has 1 aromatic carbocycles. The third-order valence-electron chi connectivity index (χ3n) is 5.37. The number of benzene rings is 1. The lowest BCUT2D eigenvalue weighted by molar-refractivity contribution is 0.0932. The van der Waals surface area contributed by atoms with Gasteiger partial charge in [-0.25, -0.2) is 4.98 Å². The smallest absolute Gasteiger partial charge is 0.271 e. The van der Waals surface area contributed by atoms with E-state index in [1.54, 1.807) is 12.4 Å². The first-order chi connectivity index (χ1) is 14.2. The second-order valence-corrected chi connectivity index (χ2v) is 7.44. The predicted octanol–water partition coefficient (Wildman–Crippen LogP) is 2.15. The van der Waals surface area contributed by atoms with E-state index in [4.69, 9.17) is 0 Å². The Morgan fingerprint density at radius 1 is 1.07 bits per heavy atom. The van der Waals surface area contributed by atoms with E-state index >= 15 is 0 Å². The molecule has 1 N–H and O–H groups in total. The number of carbonyl (C=O) groups is 1. The Morgan fingerprint density at radius 2 is 1.79 bits per heavy atom. The molecule has 0 radical (unpaired) electrons. The highest BCUT2D eigenvalue weighted by Gasteiger charge is 2.17. The Labute approximate surface area is 171 Å². The van der Waals surface area contributed by atoms with Crippen LogP contribution in [0.15, 0.2) is 48.9 Å². The molecule has 1 amide bonds. The van der Waals surface area contributed by atoms with Gasteiger partial charge < -0.3 is 14.6 Å². The minimum Gasteiger partial charge on any atom is -0.349 e. The largest absolute Gasteiger partial charge is 0.349 e. The van der Waals surface area contributed by atoms with Crippen molar-refractivity contribution in [1.82, 2.24) is 29.5 Å². The number of nitrogens with one attached hydrogen (secondary N) is 1. The van der Waals surface area contributed by atoms with E-state index in [0.717, 1.165) is 44.0 Å². The highest BCUT2D eigenvalue weighted by atomic mass is 16.1. The maximum Gasteiger partial charge on any atom is 0.271 e. The molecule has 7 nitrogen and oxygen atoms in total. The van der Waals surface area contributed by atoms with Crippen LogP contribution in [0.4, 0.5) is 0 Å². The summed E-state index contributed by atoms with van der Waals surface area (Å²) in [5.74, 6) is -0.141. The summed E-state index contributed by atoms with van der Waals surface area (Å²) in [6.45, 7) is 9.26. The molecule has 2 aromatic heterocycles. The first-order valence-corrected chi connectivity index (χ1v) is 10.4. The van der Waals surface area contributed by atoms with Gasteiger partial charge in [-0.1, -0.05) is 37.3 Å².